The molecule has 0 fully saturated rings. The van der Waals surface area contributed by atoms with Crippen molar-refractivity contribution in [3.63, 3.8) is 0 Å². The van der Waals surface area contributed by atoms with Crippen molar-refractivity contribution < 1.29 is 52.2 Å². The van der Waals surface area contributed by atoms with Crippen molar-refractivity contribution in [1.82, 2.24) is 0 Å². The normalized spacial score (nSPS) is 10.8. The Hall–Kier alpha value is 0.830. The molecular formula is C14H31NaO5S. The Morgan fingerprint density at radius 2 is 1.10 bits per heavy atom. The van der Waals surface area contributed by atoms with Gasteiger partial charge in [-0.05, 0) is 6.42 Å². The maximum atomic E-state index is 10.2. The molecule has 21 heavy (non-hydrogen) atoms. The van der Waals surface area contributed by atoms with Crippen LogP contribution in [0.1, 0.15) is 84.0 Å². The van der Waals surface area contributed by atoms with E-state index in [0.717, 1.165) is 12.8 Å². The van der Waals surface area contributed by atoms with E-state index in [4.69, 9.17) is 0 Å². The molecule has 5 nitrogen and oxygen atoms in total. The average Bonchev–Trinajstić information content (AvgIpc) is 2.34. The summed E-state index contributed by atoms with van der Waals surface area (Å²) in [5.41, 5.74) is 0. The van der Waals surface area contributed by atoms with Gasteiger partial charge in [0.15, 0.2) is 0 Å². The zero-order valence-corrected chi connectivity index (χ0v) is 16.6. The molecule has 124 valence electrons. The summed E-state index contributed by atoms with van der Waals surface area (Å²) < 4.78 is 34.6. The van der Waals surface area contributed by atoms with Crippen molar-refractivity contribution in [3.05, 3.63) is 0 Å². The van der Waals surface area contributed by atoms with Crippen molar-refractivity contribution >= 4 is 10.4 Å². The molecule has 0 radical (unpaired) electrons. The van der Waals surface area contributed by atoms with E-state index in [1.807, 2.05) is 0 Å². The fraction of sp³-hybridized carbons (Fsp3) is 1.00. The van der Waals surface area contributed by atoms with Crippen LogP contribution in [0.2, 0.25) is 0 Å². The van der Waals surface area contributed by atoms with Crippen LogP contribution in [0, 0.1) is 0 Å². The SMILES string of the molecule is CCCCCCCCCCCCCCOS(=O)(=O)[O-].O.[Na+]. The topological polar surface area (TPSA) is 97.9 Å². The summed E-state index contributed by atoms with van der Waals surface area (Å²) in [5, 5.41) is 0. The molecular weight excluding hydrogens is 303 g/mol. The Balaban J connectivity index is -0.00000162. The zero-order chi connectivity index (χ0) is 14.4. The van der Waals surface area contributed by atoms with Gasteiger partial charge in [0.25, 0.3) is 0 Å². The standard InChI is InChI=1S/C14H30O4S.Na.H2O/c1-2-3-4-5-6-7-8-9-10-11-12-13-14-18-19(15,16)17;;/h2-14H2,1H3,(H,15,16,17);;1H2/q;+1;/p-1. The van der Waals surface area contributed by atoms with Gasteiger partial charge in [-0.2, -0.15) is 0 Å². The van der Waals surface area contributed by atoms with Crippen molar-refractivity contribution in [2.45, 2.75) is 84.0 Å². The van der Waals surface area contributed by atoms with Gasteiger partial charge < -0.3 is 10.0 Å². The summed E-state index contributed by atoms with van der Waals surface area (Å²) in [5.74, 6) is 0. The molecule has 0 saturated carbocycles. The second-order valence-electron chi connectivity index (χ2n) is 5.12. The third kappa shape index (κ3) is 26.1. The van der Waals surface area contributed by atoms with E-state index in [2.05, 4.69) is 11.1 Å². The zero-order valence-electron chi connectivity index (χ0n) is 13.7. The van der Waals surface area contributed by atoms with Crippen LogP contribution in [0.3, 0.4) is 0 Å². The molecule has 0 saturated heterocycles. The van der Waals surface area contributed by atoms with E-state index < -0.39 is 10.4 Å². The monoisotopic (exact) mass is 334 g/mol. The smallest absolute Gasteiger partial charge is 0.726 e. The summed E-state index contributed by atoms with van der Waals surface area (Å²) in [7, 11) is -4.49. The predicted molar refractivity (Wildman–Crippen MR) is 80.3 cm³/mol. The number of unbranched alkanes of at least 4 members (excludes halogenated alkanes) is 11. The first-order valence-electron chi connectivity index (χ1n) is 7.66. The van der Waals surface area contributed by atoms with E-state index in [1.165, 1.54) is 57.8 Å². The quantitative estimate of drug-likeness (QED) is 0.198. The molecule has 0 amide bonds. The van der Waals surface area contributed by atoms with Gasteiger partial charge in [0.05, 0.1) is 6.61 Å². The summed E-state index contributed by atoms with van der Waals surface area (Å²) in [4.78, 5) is 0. The van der Waals surface area contributed by atoms with Gasteiger partial charge in [-0.3, -0.25) is 4.18 Å². The van der Waals surface area contributed by atoms with Crippen LogP contribution in [0.4, 0.5) is 0 Å². The molecule has 2 N–H and O–H groups in total. The van der Waals surface area contributed by atoms with E-state index >= 15 is 0 Å². The fourth-order valence-electron chi connectivity index (χ4n) is 2.10. The third-order valence-electron chi connectivity index (χ3n) is 3.23. The summed E-state index contributed by atoms with van der Waals surface area (Å²) in [6, 6.07) is 0. The molecule has 0 bridgehead atoms. The van der Waals surface area contributed by atoms with Crippen molar-refractivity contribution in [1.29, 1.82) is 0 Å². The van der Waals surface area contributed by atoms with E-state index in [9.17, 15) is 13.0 Å². The van der Waals surface area contributed by atoms with Crippen LogP contribution >= 0.6 is 0 Å². The van der Waals surface area contributed by atoms with Crippen LogP contribution < -0.4 is 29.6 Å². The molecule has 0 aliphatic rings. The molecule has 0 atom stereocenters. The summed E-state index contributed by atoms with van der Waals surface area (Å²) in [6.07, 6.45) is 14.5. The molecule has 0 aromatic carbocycles. The fourth-order valence-corrected chi connectivity index (χ4v) is 2.43. The van der Waals surface area contributed by atoms with Crippen molar-refractivity contribution in [3.8, 4) is 0 Å². The van der Waals surface area contributed by atoms with Gasteiger partial charge in [-0.25, -0.2) is 8.42 Å². The first-order valence-corrected chi connectivity index (χ1v) is 9.00. The molecule has 0 unspecified atom stereocenters. The Labute approximate surface area is 152 Å². The second kappa shape index (κ2) is 18.9. The first-order chi connectivity index (χ1) is 9.06. The number of hydrogen-bond donors (Lipinski definition) is 0. The molecule has 7 heteroatoms. The Morgan fingerprint density at radius 1 is 0.762 bits per heavy atom. The molecule has 0 aliphatic heterocycles. The average molecular weight is 334 g/mol. The van der Waals surface area contributed by atoms with Crippen LogP contribution in [0.5, 0.6) is 0 Å². The van der Waals surface area contributed by atoms with Crippen LogP contribution in [0.25, 0.3) is 0 Å². The molecule has 0 rings (SSSR count). The molecule has 0 heterocycles. The molecule has 0 aliphatic carbocycles. The van der Waals surface area contributed by atoms with E-state index in [-0.39, 0.29) is 41.6 Å². The maximum Gasteiger partial charge on any atom is 1.00 e. The van der Waals surface area contributed by atoms with E-state index in [0.29, 0.717) is 6.42 Å². The largest absolute Gasteiger partial charge is 1.00 e. The van der Waals surface area contributed by atoms with Gasteiger partial charge in [-0.1, -0.05) is 77.6 Å². The minimum Gasteiger partial charge on any atom is -0.726 e. The van der Waals surface area contributed by atoms with Crippen LogP contribution in [-0.4, -0.2) is 25.1 Å². The van der Waals surface area contributed by atoms with Gasteiger partial charge in [-0.15, -0.1) is 0 Å². The molecule has 0 spiro atoms. The molecule has 0 aromatic rings. The summed E-state index contributed by atoms with van der Waals surface area (Å²) >= 11 is 0. The second-order valence-corrected chi connectivity index (χ2v) is 6.17. The van der Waals surface area contributed by atoms with Crippen molar-refractivity contribution in [2.75, 3.05) is 6.61 Å². The maximum absolute atomic E-state index is 10.2. The van der Waals surface area contributed by atoms with Crippen LogP contribution in [-0.2, 0) is 14.6 Å². The number of hydrogen-bond acceptors (Lipinski definition) is 4. The van der Waals surface area contributed by atoms with E-state index in [1.54, 1.807) is 0 Å². The molecule has 0 aromatic heterocycles. The Kier molecular flexibility index (Phi) is 24.0. The first kappa shape index (κ1) is 26.7. The van der Waals surface area contributed by atoms with Gasteiger partial charge in [0.2, 0.25) is 10.4 Å². The van der Waals surface area contributed by atoms with Gasteiger partial charge in [0.1, 0.15) is 0 Å². The minimum absolute atomic E-state index is 0. The van der Waals surface area contributed by atoms with Crippen LogP contribution in [0.15, 0.2) is 0 Å². The minimum atomic E-state index is -4.49. The summed E-state index contributed by atoms with van der Waals surface area (Å²) in [6.45, 7) is 2.26. The Morgan fingerprint density at radius 3 is 1.43 bits per heavy atom. The van der Waals surface area contributed by atoms with Gasteiger partial charge >= 0.3 is 29.6 Å². The third-order valence-corrected chi connectivity index (χ3v) is 3.68. The number of rotatable bonds is 14. The predicted octanol–water partition coefficient (Wildman–Crippen LogP) is 0.344. The van der Waals surface area contributed by atoms with Gasteiger partial charge in [0, 0.05) is 0 Å². The Bertz CT molecular complexity index is 283. The van der Waals surface area contributed by atoms with Crippen molar-refractivity contribution in [2.24, 2.45) is 0 Å².